The SMILES string of the molecule is C[C@@H](Cc1nc(-c2ccnn2C)cs1)n1cc(Cl)cn1. The van der Waals surface area contributed by atoms with Crippen LogP contribution in [0.15, 0.2) is 30.0 Å². The molecule has 5 nitrogen and oxygen atoms in total. The van der Waals surface area contributed by atoms with E-state index >= 15 is 0 Å². The number of nitrogens with zero attached hydrogens (tertiary/aromatic N) is 5. The Bertz CT molecular complexity index is 714. The minimum absolute atomic E-state index is 0.230. The second-order valence-electron chi connectivity index (χ2n) is 4.66. The summed E-state index contributed by atoms with van der Waals surface area (Å²) < 4.78 is 3.70. The van der Waals surface area contributed by atoms with Crippen LogP contribution in [0.5, 0.6) is 0 Å². The minimum Gasteiger partial charge on any atom is -0.268 e. The molecule has 0 fully saturated rings. The number of rotatable bonds is 4. The maximum atomic E-state index is 5.89. The highest BCUT2D eigenvalue weighted by Crippen LogP contribution is 2.24. The van der Waals surface area contributed by atoms with Gasteiger partial charge in [-0.3, -0.25) is 9.36 Å². The summed E-state index contributed by atoms with van der Waals surface area (Å²) in [5, 5.41) is 12.2. The molecule has 3 heterocycles. The summed E-state index contributed by atoms with van der Waals surface area (Å²) >= 11 is 7.55. The highest BCUT2D eigenvalue weighted by atomic mass is 35.5. The third kappa shape index (κ3) is 2.62. The highest BCUT2D eigenvalue weighted by molar-refractivity contribution is 7.09. The van der Waals surface area contributed by atoms with Gasteiger partial charge in [0.2, 0.25) is 0 Å². The summed E-state index contributed by atoms with van der Waals surface area (Å²) in [5.41, 5.74) is 2.00. The molecule has 1 atom stereocenters. The summed E-state index contributed by atoms with van der Waals surface area (Å²) in [7, 11) is 1.92. The van der Waals surface area contributed by atoms with E-state index in [9.17, 15) is 0 Å². The van der Waals surface area contributed by atoms with Gasteiger partial charge in [-0.25, -0.2) is 4.98 Å². The first-order chi connectivity index (χ1) is 9.63. The molecule has 0 aliphatic rings. The third-order valence-corrected chi connectivity index (χ3v) is 4.19. The molecule has 0 saturated heterocycles. The summed E-state index contributed by atoms with van der Waals surface area (Å²) in [6.45, 7) is 2.11. The summed E-state index contributed by atoms with van der Waals surface area (Å²) in [6.07, 6.45) is 6.10. The summed E-state index contributed by atoms with van der Waals surface area (Å²) in [5.74, 6) is 0. The molecule has 0 N–H and O–H groups in total. The van der Waals surface area contributed by atoms with Gasteiger partial charge in [0.25, 0.3) is 0 Å². The molecule has 0 radical (unpaired) electrons. The number of halogens is 1. The first kappa shape index (κ1) is 13.3. The van der Waals surface area contributed by atoms with Gasteiger partial charge < -0.3 is 0 Å². The van der Waals surface area contributed by atoms with Crippen LogP contribution < -0.4 is 0 Å². The highest BCUT2D eigenvalue weighted by Gasteiger charge is 2.12. The first-order valence-electron chi connectivity index (χ1n) is 6.26. The van der Waals surface area contributed by atoms with Gasteiger partial charge in [-0.1, -0.05) is 11.6 Å². The molecule has 0 unspecified atom stereocenters. The Labute approximate surface area is 125 Å². The van der Waals surface area contributed by atoms with E-state index in [-0.39, 0.29) is 6.04 Å². The Hall–Kier alpha value is -1.66. The summed E-state index contributed by atoms with van der Waals surface area (Å²) in [6, 6.07) is 2.20. The standard InChI is InChI=1S/C13H14ClN5S/c1-9(19-7-10(14)6-16-19)5-13-17-11(8-20-13)12-3-4-15-18(12)2/h3-4,6-9H,5H2,1-2H3/t9-/m0/s1. The molecule has 0 aromatic carbocycles. The average molecular weight is 308 g/mol. The molecule has 20 heavy (non-hydrogen) atoms. The average Bonchev–Trinajstić information content (AvgIpc) is 3.10. The lowest BCUT2D eigenvalue weighted by Crippen LogP contribution is -2.08. The molecule has 3 aromatic rings. The van der Waals surface area contributed by atoms with Crippen LogP contribution in [0.25, 0.3) is 11.4 Å². The van der Waals surface area contributed by atoms with E-state index in [4.69, 9.17) is 11.6 Å². The summed E-state index contributed by atoms with van der Waals surface area (Å²) in [4.78, 5) is 4.67. The van der Waals surface area contributed by atoms with Crippen molar-refractivity contribution in [3.05, 3.63) is 40.1 Å². The zero-order valence-corrected chi connectivity index (χ0v) is 12.8. The molecular formula is C13H14ClN5S. The van der Waals surface area contributed by atoms with Crippen LogP contribution in [0.4, 0.5) is 0 Å². The Kier molecular flexibility index (Phi) is 3.58. The van der Waals surface area contributed by atoms with Gasteiger partial charge in [0.15, 0.2) is 0 Å². The molecule has 0 spiro atoms. The van der Waals surface area contributed by atoms with Crippen molar-refractivity contribution in [1.29, 1.82) is 0 Å². The molecule has 0 saturated carbocycles. The molecule has 104 valence electrons. The van der Waals surface area contributed by atoms with E-state index in [0.717, 1.165) is 22.8 Å². The van der Waals surface area contributed by atoms with Gasteiger partial charge in [-0.2, -0.15) is 10.2 Å². The van der Waals surface area contributed by atoms with Gasteiger partial charge in [0.1, 0.15) is 0 Å². The second-order valence-corrected chi connectivity index (χ2v) is 6.04. The van der Waals surface area contributed by atoms with Crippen LogP contribution in [-0.4, -0.2) is 24.5 Å². The fourth-order valence-corrected chi connectivity index (χ4v) is 3.10. The second kappa shape index (κ2) is 5.38. The van der Waals surface area contributed by atoms with Crippen molar-refractivity contribution in [2.24, 2.45) is 7.05 Å². The van der Waals surface area contributed by atoms with E-state index in [1.807, 2.05) is 28.7 Å². The number of hydrogen-bond acceptors (Lipinski definition) is 4. The van der Waals surface area contributed by atoms with Gasteiger partial charge in [0.05, 0.1) is 33.7 Å². The molecule has 0 amide bonds. The van der Waals surface area contributed by atoms with E-state index in [0.29, 0.717) is 5.02 Å². The van der Waals surface area contributed by atoms with Crippen molar-refractivity contribution in [1.82, 2.24) is 24.5 Å². The quantitative estimate of drug-likeness (QED) is 0.743. The van der Waals surface area contributed by atoms with Crippen molar-refractivity contribution < 1.29 is 0 Å². The van der Waals surface area contributed by atoms with Crippen molar-refractivity contribution in [2.45, 2.75) is 19.4 Å². The number of aromatic nitrogens is 5. The maximum absolute atomic E-state index is 5.89. The molecule has 7 heteroatoms. The van der Waals surface area contributed by atoms with Crippen molar-refractivity contribution in [2.75, 3.05) is 0 Å². The Balaban J connectivity index is 1.76. The third-order valence-electron chi connectivity index (χ3n) is 3.13. The molecule has 0 aliphatic heterocycles. The van der Waals surface area contributed by atoms with Crippen LogP contribution in [0.2, 0.25) is 5.02 Å². The van der Waals surface area contributed by atoms with Gasteiger partial charge in [0, 0.05) is 31.2 Å². The largest absolute Gasteiger partial charge is 0.268 e. The first-order valence-corrected chi connectivity index (χ1v) is 7.51. The van der Waals surface area contributed by atoms with Crippen LogP contribution in [0.1, 0.15) is 18.0 Å². The van der Waals surface area contributed by atoms with Gasteiger partial charge in [-0.15, -0.1) is 11.3 Å². The monoisotopic (exact) mass is 307 g/mol. The fraction of sp³-hybridized carbons (Fsp3) is 0.308. The maximum Gasteiger partial charge on any atom is 0.0995 e. The predicted molar refractivity (Wildman–Crippen MR) is 80.0 cm³/mol. The number of hydrogen-bond donors (Lipinski definition) is 0. The minimum atomic E-state index is 0.230. The van der Waals surface area contributed by atoms with Gasteiger partial charge in [-0.05, 0) is 13.0 Å². The van der Waals surface area contributed by atoms with E-state index in [2.05, 4.69) is 27.5 Å². The lowest BCUT2D eigenvalue weighted by Gasteiger charge is -2.09. The normalized spacial score (nSPS) is 12.8. The molecule has 0 bridgehead atoms. The smallest absolute Gasteiger partial charge is 0.0995 e. The van der Waals surface area contributed by atoms with Crippen molar-refractivity contribution in [3.63, 3.8) is 0 Å². The van der Waals surface area contributed by atoms with E-state index in [1.165, 1.54) is 0 Å². The Morgan fingerprint density at radius 3 is 2.90 bits per heavy atom. The van der Waals surface area contributed by atoms with Crippen molar-refractivity contribution in [3.8, 4) is 11.4 Å². The predicted octanol–water partition coefficient (Wildman–Crippen LogP) is 3.20. The van der Waals surface area contributed by atoms with E-state index in [1.54, 1.807) is 23.7 Å². The van der Waals surface area contributed by atoms with Crippen LogP contribution in [0.3, 0.4) is 0 Å². The zero-order valence-electron chi connectivity index (χ0n) is 11.2. The molecule has 3 rings (SSSR count). The molecular weight excluding hydrogens is 294 g/mol. The molecule has 0 aliphatic carbocycles. The lowest BCUT2D eigenvalue weighted by atomic mass is 10.2. The number of thiazole rings is 1. The van der Waals surface area contributed by atoms with Crippen molar-refractivity contribution >= 4 is 22.9 Å². The lowest BCUT2D eigenvalue weighted by molar-refractivity contribution is 0.488. The Morgan fingerprint density at radius 1 is 1.40 bits per heavy atom. The fourth-order valence-electron chi connectivity index (χ4n) is 2.05. The molecule has 3 aromatic heterocycles. The zero-order chi connectivity index (χ0) is 14.1. The van der Waals surface area contributed by atoms with Crippen LogP contribution in [0, 0.1) is 0 Å². The van der Waals surface area contributed by atoms with Gasteiger partial charge >= 0.3 is 0 Å². The van der Waals surface area contributed by atoms with Crippen LogP contribution in [-0.2, 0) is 13.5 Å². The van der Waals surface area contributed by atoms with Crippen LogP contribution >= 0.6 is 22.9 Å². The van der Waals surface area contributed by atoms with E-state index < -0.39 is 0 Å². The Morgan fingerprint density at radius 2 is 2.25 bits per heavy atom. The number of aryl methyl sites for hydroxylation is 1. The topological polar surface area (TPSA) is 48.5 Å².